The summed E-state index contributed by atoms with van der Waals surface area (Å²) in [6.07, 6.45) is 0. The van der Waals surface area contributed by atoms with Crippen LogP contribution in [-0.2, 0) is 20.2 Å². The van der Waals surface area contributed by atoms with E-state index >= 15 is 0 Å². The van der Waals surface area contributed by atoms with Crippen molar-refractivity contribution in [2.45, 2.75) is 20.8 Å². The highest BCUT2D eigenvalue weighted by molar-refractivity contribution is 7.99. The molecule has 2 rings (SSSR count). The Morgan fingerprint density at radius 1 is 0.600 bits per heavy atom. The fraction of sp³-hybridized carbons (Fsp3) is 0.143. The van der Waals surface area contributed by atoms with E-state index in [1.807, 2.05) is 12.1 Å². The van der Waals surface area contributed by atoms with Gasteiger partial charge in [-0.3, -0.25) is 9.11 Å². The van der Waals surface area contributed by atoms with Crippen molar-refractivity contribution in [1.29, 1.82) is 0 Å². The summed E-state index contributed by atoms with van der Waals surface area (Å²) in [4.78, 5) is 2.57. The molecule has 16 heteroatoms. The molecule has 0 heterocycles. The molecule has 0 bridgehead atoms. The van der Waals surface area contributed by atoms with Crippen LogP contribution in [0.2, 0.25) is 0 Å². The zero-order valence-corrected chi connectivity index (χ0v) is 17.7. The van der Waals surface area contributed by atoms with Gasteiger partial charge in [-0.2, -0.15) is 56.7 Å². The summed E-state index contributed by atoms with van der Waals surface area (Å²) in [6.45, 7) is 0. The molecular formula is C14H14F6O6S4. The smallest absolute Gasteiger partial charge is 0.279 e. The van der Waals surface area contributed by atoms with E-state index in [1.54, 1.807) is 11.8 Å². The number of benzene rings is 2. The van der Waals surface area contributed by atoms with Gasteiger partial charge in [0.2, 0.25) is 0 Å². The second-order valence-electron chi connectivity index (χ2n) is 4.57. The van der Waals surface area contributed by atoms with E-state index in [2.05, 4.69) is 48.5 Å². The maximum Gasteiger partial charge on any atom is 0.522 e. The molecule has 0 spiro atoms. The molecule has 172 valence electrons. The zero-order chi connectivity index (χ0) is 22.9. The first-order chi connectivity index (χ1) is 12.9. The number of rotatable bonds is 2. The average Bonchev–Trinajstić information content (AvgIpc) is 2.54. The quantitative estimate of drug-likeness (QED) is 0.335. The van der Waals surface area contributed by atoms with E-state index in [0.717, 1.165) is 0 Å². The van der Waals surface area contributed by atoms with Gasteiger partial charge in [-0.1, -0.05) is 48.2 Å². The summed E-state index contributed by atoms with van der Waals surface area (Å²) in [5.74, 6) is 0. The zero-order valence-electron chi connectivity index (χ0n) is 14.3. The summed E-state index contributed by atoms with van der Waals surface area (Å²) in [6, 6.07) is 20.8. The molecule has 2 aromatic carbocycles. The Morgan fingerprint density at radius 2 is 0.800 bits per heavy atom. The lowest BCUT2D eigenvalue weighted by atomic mass is 10.4. The van der Waals surface area contributed by atoms with Crippen LogP contribution < -0.4 is 0 Å². The van der Waals surface area contributed by atoms with Crippen LogP contribution in [-0.4, -0.2) is 37.0 Å². The van der Waals surface area contributed by atoms with Gasteiger partial charge < -0.3 is 0 Å². The molecule has 0 aromatic heterocycles. The van der Waals surface area contributed by atoms with Crippen LogP contribution in [0.4, 0.5) is 26.3 Å². The fourth-order valence-electron chi connectivity index (χ4n) is 1.11. The highest BCUT2D eigenvalue weighted by Gasteiger charge is 2.45. The first kappa shape index (κ1) is 30.7. The van der Waals surface area contributed by atoms with Crippen molar-refractivity contribution >= 4 is 45.5 Å². The van der Waals surface area contributed by atoms with E-state index in [0.29, 0.717) is 0 Å². The Kier molecular flexibility index (Phi) is 12.7. The van der Waals surface area contributed by atoms with Crippen LogP contribution in [0.1, 0.15) is 0 Å². The molecule has 0 unspecified atom stereocenters. The van der Waals surface area contributed by atoms with Gasteiger partial charge >= 0.3 is 31.3 Å². The molecule has 0 aliphatic rings. The Labute approximate surface area is 179 Å². The molecule has 0 saturated heterocycles. The molecule has 2 aromatic rings. The maximum absolute atomic E-state index is 10.7. The van der Waals surface area contributed by atoms with E-state index in [4.69, 9.17) is 25.9 Å². The van der Waals surface area contributed by atoms with Gasteiger partial charge in [-0.25, -0.2) is 0 Å². The second-order valence-corrected chi connectivity index (χ2v) is 8.54. The molecule has 0 radical (unpaired) electrons. The summed E-state index contributed by atoms with van der Waals surface area (Å²) in [7, 11) is -11.7. The van der Waals surface area contributed by atoms with Crippen LogP contribution in [0.15, 0.2) is 70.5 Å². The Hall–Kier alpha value is -1.46. The summed E-state index contributed by atoms with van der Waals surface area (Å²) < 4.78 is 115. The molecule has 0 amide bonds. The molecule has 0 aliphatic heterocycles. The van der Waals surface area contributed by atoms with E-state index in [1.165, 1.54) is 9.79 Å². The van der Waals surface area contributed by atoms with Gasteiger partial charge in [0.1, 0.15) is 0 Å². The highest BCUT2D eigenvalue weighted by Crippen LogP contribution is 2.26. The van der Waals surface area contributed by atoms with Crippen molar-refractivity contribution < 1.29 is 52.3 Å². The van der Waals surface area contributed by atoms with Crippen LogP contribution in [0.25, 0.3) is 0 Å². The Morgan fingerprint density at radius 3 is 0.967 bits per heavy atom. The van der Waals surface area contributed by atoms with Gasteiger partial charge in [0, 0.05) is 9.79 Å². The fourth-order valence-corrected chi connectivity index (χ4v) is 1.97. The lowest BCUT2D eigenvalue weighted by Crippen LogP contribution is -2.21. The van der Waals surface area contributed by atoms with Gasteiger partial charge in [-0.15, -0.1) is 0 Å². The number of hydrogen-bond acceptors (Lipinski definition) is 5. The second kappa shape index (κ2) is 12.4. The van der Waals surface area contributed by atoms with E-state index in [-0.39, 0.29) is 13.5 Å². The molecule has 30 heavy (non-hydrogen) atoms. The third kappa shape index (κ3) is 13.0. The van der Waals surface area contributed by atoms with Crippen LogP contribution in [0.5, 0.6) is 0 Å². The molecular weight excluding hydrogens is 506 g/mol. The molecule has 6 nitrogen and oxygen atoms in total. The van der Waals surface area contributed by atoms with Gasteiger partial charge in [-0.05, 0) is 24.3 Å². The van der Waals surface area contributed by atoms with Crippen LogP contribution >= 0.6 is 25.3 Å². The minimum absolute atomic E-state index is 0. The normalized spacial score (nSPS) is 11.7. The topological polar surface area (TPSA) is 109 Å². The minimum Gasteiger partial charge on any atom is -0.279 e. The Balaban J connectivity index is 0. The van der Waals surface area contributed by atoms with Crippen molar-refractivity contribution in [1.82, 2.24) is 0 Å². The van der Waals surface area contributed by atoms with Crippen molar-refractivity contribution in [2.24, 2.45) is 0 Å². The summed E-state index contributed by atoms with van der Waals surface area (Å²) >= 11 is 1.79. The molecule has 0 aliphatic carbocycles. The van der Waals surface area contributed by atoms with E-state index in [9.17, 15) is 26.3 Å². The lowest BCUT2D eigenvalue weighted by molar-refractivity contribution is -0.0514. The summed E-state index contributed by atoms with van der Waals surface area (Å²) in [5.41, 5.74) is -11.1. The van der Waals surface area contributed by atoms with Crippen molar-refractivity contribution in [2.75, 3.05) is 0 Å². The predicted octanol–water partition coefficient (Wildman–Crippen LogP) is 4.74. The Bertz CT molecular complexity index is 866. The van der Waals surface area contributed by atoms with E-state index < -0.39 is 31.3 Å². The third-order valence-corrected chi connectivity index (χ3v) is 4.49. The largest absolute Gasteiger partial charge is 0.522 e. The van der Waals surface area contributed by atoms with Crippen molar-refractivity contribution in [3.63, 3.8) is 0 Å². The SMILES string of the molecule is O=S(=O)(O)C(F)(F)F.O=S(=O)(O)C(F)(F)F.S.c1ccc(Sc2ccccc2)cc1. The molecule has 0 atom stereocenters. The van der Waals surface area contributed by atoms with Crippen LogP contribution in [0.3, 0.4) is 0 Å². The number of hydrogen-bond donors (Lipinski definition) is 2. The maximum atomic E-state index is 10.7. The highest BCUT2D eigenvalue weighted by atomic mass is 32.2. The van der Waals surface area contributed by atoms with Crippen molar-refractivity contribution in [3.05, 3.63) is 60.7 Å². The standard InChI is InChI=1S/C12H10S.2CHF3O3S.H2S/c1-3-7-11(8-4-1)13-12-9-5-2-6-10-12;2*2-1(3,4)8(5,6)7;/h1-10H;2*(H,5,6,7);1H2. The molecule has 2 N–H and O–H groups in total. The summed E-state index contributed by atoms with van der Waals surface area (Å²) in [5, 5.41) is 0. The first-order valence-corrected chi connectivity index (χ1v) is 10.5. The molecule has 0 fully saturated rings. The monoisotopic (exact) mass is 520 g/mol. The number of halogens is 6. The first-order valence-electron chi connectivity index (χ1n) is 6.80. The van der Waals surface area contributed by atoms with Crippen LogP contribution in [0, 0.1) is 0 Å². The number of alkyl halides is 6. The predicted molar refractivity (Wildman–Crippen MR) is 103 cm³/mol. The average molecular weight is 521 g/mol. The molecule has 0 saturated carbocycles. The van der Waals surface area contributed by atoms with Gasteiger partial charge in [0.05, 0.1) is 0 Å². The van der Waals surface area contributed by atoms with Crippen molar-refractivity contribution in [3.8, 4) is 0 Å². The third-order valence-electron chi connectivity index (χ3n) is 2.31. The van der Waals surface area contributed by atoms with Gasteiger partial charge in [0.25, 0.3) is 0 Å². The minimum atomic E-state index is -5.84. The lowest BCUT2D eigenvalue weighted by Gasteiger charge is -1.99. The van der Waals surface area contributed by atoms with Gasteiger partial charge in [0.15, 0.2) is 0 Å².